The fraction of sp³-hybridized carbons (Fsp3) is 0.538. The highest BCUT2D eigenvalue weighted by atomic mass is 32.1. The van der Waals surface area contributed by atoms with Gasteiger partial charge in [0.1, 0.15) is 0 Å². The summed E-state index contributed by atoms with van der Waals surface area (Å²) in [7, 11) is 0. The molecule has 2 rings (SSSR count). The molecule has 19 heavy (non-hydrogen) atoms. The van der Waals surface area contributed by atoms with E-state index in [0.29, 0.717) is 17.2 Å². The molecule has 0 aromatic carbocycles. The van der Waals surface area contributed by atoms with E-state index in [2.05, 4.69) is 10.6 Å². The van der Waals surface area contributed by atoms with Crippen molar-refractivity contribution in [2.24, 2.45) is 5.92 Å². The predicted octanol–water partition coefficient (Wildman–Crippen LogP) is 1.38. The minimum absolute atomic E-state index is 0.173. The smallest absolute Gasteiger partial charge is 0.331 e. The number of thiophene rings is 1. The lowest BCUT2D eigenvalue weighted by atomic mass is 9.94. The Kier molecular flexibility index (Phi) is 4.93. The van der Waals surface area contributed by atoms with Crippen LogP contribution in [-0.4, -0.2) is 30.1 Å². The molecular weight excluding hydrogens is 264 g/mol. The van der Waals surface area contributed by atoms with Crippen molar-refractivity contribution in [1.82, 2.24) is 10.6 Å². The highest BCUT2D eigenvalue weighted by molar-refractivity contribution is 7.10. The second kappa shape index (κ2) is 6.68. The van der Waals surface area contributed by atoms with Crippen LogP contribution in [0.3, 0.4) is 0 Å². The third kappa shape index (κ3) is 4.04. The molecule has 0 aliphatic carbocycles. The number of aliphatic carboxylic acids is 1. The topological polar surface area (TPSA) is 78.4 Å². The SMILES string of the molecule is O=C(CC1CCNCC1)NC(C(=O)O)c1cccs1. The number of amides is 1. The highest BCUT2D eigenvalue weighted by Crippen LogP contribution is 2.21. The number of carbonyl (C=O) groups excluding carboxylic acids is 1. The van der Waals surface area contributed by atoms with Crippen LogP contribution in [0.5, 0.6) is 0 Å². The first-order chi connectivity index (χ1) is 9.16. The van der Waals surface area contributed by atoms with Crippen molar-refractivity contribution in [2.75, 3.05) is 13.1 Å². The molecule has 5 nitrogen and oxygen atoms in total. The first-order valence-electron chi connectivity index (χ1n) is 6.43. The molecule has 1 aromatic heterocycles. The zero-order valence-electron chi connectivity index (χ0n) is 10.6. The van der Waals surface area contributed by atoms with E-state index in [-0.39, 0.29) is 5.91 Å². The van der Waals surface area contributed by atoms with Gasteiger partial charge in [0.15, 0.2) is 6.04 Å². The number of piperidine rings is 1. The van der Waals surface area contributed by atoms with Crippen LogP contribution in [0.25, 0.3) is 0 Å². The van der Waals surface area contributed by atoms with Crippen molar-refractivity contribution < 1.29 is 14.7 Å². The monoisotopic (exact) mass is 282 g/mol. The summed E-state index contributed by atoms with van der Waals surface area (Å²) in [6, 6.07) is 2.60. The molecule has 1 saturated heterocycles. The number of rotatable bonds is 5. The zero-order valence-corrected chi connectivity index (χ0v) is 11.4. The van der Waals surface area contributed by atoms with Crippen molar-refractivity contribution in [2.45, 2.75) is 25.3 Å². The van der Waals surface area contributed by atoms with Crippen molar-refractivity contribution in [3.05, 3.63) is 22.4 Å². The summed E-state index contributed by atoms with van der Waals surface area (Å²) in [5.41, 5.74) is 0. The fourth-order valence-electron chi connectivity index (χ4n) is 2.28. The maximum absolute atomic E-state index is 11.9. The lowest BCUT2D eigenvalue weighted by molar-refractivity contribution is -0.142. The van der Waals surface area contributed by atoms with E-state index in [4.69, 9.17) is 0 Å². The molecule has 1 atom stereocenters. The fourth-order valence-corrected chi connectivity index (χ4v) is 3.05. The van der Waals surface area contributed by atoms with Gasteiger partial charge in [-0.3, -0.25) is 4.79 Å². The van der Waals surface area contributed by atoms with Gasteiger partial charge in [0.25, 0.3) is 0 Å². The Bertz CT molecular complexity index is 427. The number of carboxylic acids is 1. The van der Waals surface area contributed by atoms with Gasteiger partial charge in [-0.15, -0.1) is 11.3 Å². The van der Waals surface area contributed by atoms with Crippen molar-refractivity contribution in [1.29, 1.82) is 0 Å². The predicted molar refractivity (Wildman–Crippen MR) is 73.0 cm³/mol. The van der Waals surface area contributed by atoms with Gasteiger partial charge in [-0.1, -0.05) is 6.07 Å². The van der Waals surface area contributed by atoms with Crippen LogP contribution in [0.15, 0.2) is 17.5 Å². The molecule has 1 aromatic rings. The number of hydrogen-bond donors (Lipinski definition) is 3. The maximum atomic E-state index is 11.9. The zero-order chi connectivity index (χ0) is 13.7. The van der Waals surface area contributed by atoms with Gasteiger partial charge in [-0.25, -0.2) is 4.79 Å². The Labute approximate surface area is 116 Å². The minimum atomic E-state index is -1.01. The summed E-state index contributed by atoms with van der Waals surface area (Å²) in [6.07, 6.45) is 2.37. The van der Waals surface area contributed by atoms with Gasteiger partial charge in [-0.05, 0) is 43.3 Å². The van der Waals surface area contributed by atoms with Crippen LogP contribution >= 0.6 is 11.3 Å². The lowest BCUT2D eigenvalue weighted by Gasteiger charge is -2.22. The standard InChI is InChI=1S/C13H18N2O3S/c16-11(8-9-3-5-14-6-4-9)15-12(13(17)18)10-2-1-7-19-10/h1-2,7,9,12,14H,3-6,8H2,(H,15,16)(H,17,18). The van der Waals surface area contributed by atoms with E-state index in [1.54, 1.807) is 12.1 Å². The van der Waals surface area contributed by atoms with Crippen LogP contribution < -0.4 is 10.6 Å². The molecule has 1 unspecified atom stereocenters. The van der Waals surface area contributed by atoms with Crippen molar-refractivity contribution in [3.8, 4) is 0 Å². The first kappa shape index (κ1) is 14.0. The average Bonchev–Trinajstić information content (AvgIpc) is 2.90. The summed E-state index contributed by atoms with van der Waals surface area (Å²) in [4.78, 5) is 23.8. The van der Waals surface area contributed by atoms with E-state index in [1.165, 1.54) is 11.3 Å². The summed E-state index contributed by atoms with van der Waals surface area (Å²) in [6.45, 7) is 1.87. The maximum Gasteiger partial charge on any atom is 0.331 e. The Morgan fingerprint density at radius 2 is 2.21 bits per heavy atom. The second-order valence-corrected chi connectivity index (χ2v) is 5.73. The largest absolute Gasteiger partial charge is 0.479 e. The van der Waals surface area contributed by atoms with Gasteiger partial charge in [0, 0.05) is 11.3 Å². The number of carboxylic acid groups (broad SMARTS) is 1. The molecule has 0 saturated carbocycles. The second-order valence-electron chi connectivity index (χ2n) is 4.75. The summed E-state index contributed by atoms with van der Waals surface area (Å²) in [5.74, 6) is -0.826. The Balaban J connectivity index is 1.90. The van der Waals surface area contributed by atoms with Gasteiger partial charge in [0.2, 0.25) is 5.91 Å². The van der Waals surface area contributed by atoms with Gasteiger partial charge < -0.3 is 15.7 Å². The van der Waals surface area contributed by atoms with Gasteiger partial charge in [0.05, 0.1) is 0 Å². The van der Waals surface area contributed by atoms with E-state index in [0.717, 1.165) is 25.9 Å². The first-order valence-corrected chi connectivity index (χ1v) is 7.31. The van der Waals surface area contributed by atoms with Gasteiger partial charge in [-0.2, -0.15) is 0 Å². The van der Waals surface area contributed by atoms with Crippen LogP contribution in [0, 0.1) is 5.92 Å². The molecule has 1 fully saturated rings. The summed E-state index contributed by atoms with van der Waals surface area (Å²) < 4.78 is 0. The quantitative estimate of drug-likeness (QED) is 0.762. The molecule has 104 valence electrons. The third-order valence-corrected chi connectivity index (χ3v) is 4.25. The molecule has 1 amide bonds. The Morgan fingerprint density at radius 3 is 2.79 bits per heavy atom. The summed E-state index contributed by atoms with van der Waals surface area (Å²) in [5, 5.41) is 16.9. The van der Waals surface area contributed by atoms with Crippen LogP contribution in [-0.2, 0) is 9.59 Å². The minimum Gasteiger partial charge on any atom is -0.479 e. The molecule has 6 heteroatoms. The normalized spacial score (nSPS) is 17.9. The van der Waals surface area contributed by atoms with E-state index >= 15 is 0 Å². The third-order valence-electron chi connectivity index (χ3n) is 3.31. The van der Waals surface area contributed by atoms with E-state index in [1.807, 2.05) is 5.38 Å². The molecule has 1 aliphatic heterocycles. The molecule has 2 heterocycles. The number of nitrogens with one attached hydrogen (secondary N) is 2. The van der Waals surface area contributed by atoms with Crippen molar-refractivity contribution >= 4 is 23.2 Å². The van der Waals surface area contributed by atoms with Crippen LogP contribution in [0.4, 0.5) is 0 Å². The number of carbonyl (C=O) groups is 2. The molecule has 0 bridgehead atoms. The van der Waals surface area contributed by atoms with E-state index in [9.17, 15) is 14.7 Å². The van der Waals surface area contributed by atoms with Crippen LogP contribution in [0.2, 0.25) is 0 Å². The molecule has 3 N–H and O–H groups in total. The lowest BCUT2D eigenvalue weighted by Crippen LogP contribution is -2.36. The van der Waals surface area contributed by atoms with Crippen LogP contribution in [0.1, 0.15) is 30.2 Å². The summed E-state index contributed by atoms with van der Waals surface area (Å²) >= 11 is 1.34. The molecule has 0 radical (unpaired) electrons. The number of hydrogen-bond acceptors (Lipinski definition) is 4. The van der Waals surface area contributed by atoms with Gasteiger partial charge >= 0.3 is 5.97 Å². The highest BCUT2D eigenvalue weighted by Gasteiger charge is 2.24. The Morgan fingerprint density at radius 1 is 1.47 bits per heavy atom. The molecule has 0 spiro atoms. The van der Waals surface area contributed by atoms with E-state index < -0.39 is 12.0 Å². The van der Waals surface area contributed by atoms with Crippen molar-refractivity contribution in [3.63, 3.8) is 0 Å². The average molecular weight is 282 g/mol. The molecular formula is C13H18N2O3S. The molecule has 1 aliphatic rings. The Hall–Kier alpha value is -1.40.